The van der Waals surface area contributed by atoms with Gasteiger partial charge in [0, 0.05) is 19.0 Å². The van der Waals surface area contributed by atoms with Crippen LogP contribution in [0.15, 0.2) is 53.1 Å². The summed E-state index contributed by atoms with van der Waals surface area (Å²) in [6.07, 6.45) is 1.21. The number of benzene rings is 1. The molecule has 0 spiro atoms. The van der Waals surface area contributed by atoms with E-state index in [2.05, 4.69) is 62.2 Å². The van der Waals surface area contributed by atoms with Crippen LogP contribution in [0.4, 0.5) is 5.82 Å². The Morgan fingerprint density at radius 3 is 2.67 bits per heavy atom. The minimum absolute atomic E-state index is 0.631. The molecule has 0 bridgehead atoms. The number of rotatable bonds is 2. The molecule has 1 aliphatic heterocycles. The molecule has 1 unspecified atom stereocenters. The van der Waals surface area contributed by atoms with E-state index < -0.39 is 0 Å². The highest BCUT2D eigenvalue weighted by molar-refractivity contribution is 9.10. The van der Waals surface area contributed by atoms with Crippen LogP contribution < -0.4 is 4.90 Å². The van der Waals surface area contributed by atoms with Gasteiger partial charge in [-0.15, -0.1) is 0 Å². The van der Waals surface area contributed by atoms with Gasteiger partial charge in [-0.1, -0.05) is 36.4 Å². The number of anilines is 1. The summed E-state index contributed by atoms with van der Waals surface area (Å²) in [5.41, 5.74) is 1.44. The van der Waals surface area contributed by atoms with Crippen LogP contribution in [0.3, 0.4) is 0 Å². The van der Waals surface area contributed by atoms with Crippen molar-refractivity contribution in [3.8, 4) is 0 Å². The molecule has 1 saturated heterocycles. The Labute approximate surface area is 116 Å². The number of hydrogen-bond donors (Lipinski definition) is 0. The second-order valence-electron chi connectivity index (χ2n) is 4.66. The first-order chi connectivity index (χ1) is 8.83. The van der Waals surface area contributed by atoms with Gasteiger partial charge in [-0.05, 0) is 40.0 Å². The molecule has 0 aliphatic carbocycles. The monoisotopic (exact) mass is 302 g/mol. The molecule has 3 heteroatoms. The van der Waals surface area contributed by atoms with Crippen LogP contribution in [-0.2, 0) is 0 Å². The molecule has 2 nitrogen and oxygen atoms in total. The van der Waals surface area contributed by atoms with Gasteiger partial charge < -0.3 is 4.90 Å². The van der Waals surface area contributed by atoms with Crippen molar-refractivity contribution in [2.45, 2.75) is 12.3 Å². The van der Waals surface area contributed by atoms with Gasteiger partial charge in [-0.25, -0.2) is 4.98 Å². The first kappa shape index (κ1) is 11.7. The summed E-state index contributed by atoms with van der Waals surface area (Å²) in [5.74, 6) is 1.70. The van der Waals surface area contributed by atoms with Crippen LogP contribution >= 0.6 is 15.9 Å². The van der Waals surface area contributed by atoms with Crippen molar-refractivity contribution in [1.82, 2.24) is 4.98 Å². The van der Waals surface area contributed by atoms with Gasteiger partial charge in [0.05, 0.1) is 0 Å². The Balaban J connectivity index is 1.76. The highest BCUT2D eigenvalue weighted by Crippen LogP contribution is 2.30. The largest absolute Gasteiger partial charge is 0.356 e. The zero-order valence-electron chi connectivity index (χ0n) is 10.1. The fourth-order valence-corrected chi connectivity index (χ4v) is 2.87. The maximum atomic E-state index is 4.53. The lowest BCUT2D eigenvalue weighted by Gasteiger charge is -2.17. The van der Waals surface area contributed by atoms with Crippen molar-refractivity contribution < 1.29 is 0 Å². The van der Waals surface area contributed by atoms with Gasteiger partial charge in [0.2, 0.25) is 0 Å². The minimum Gasteiger partial charge on any atom is -0.356 e. The van der Waals surface area contributed by atoms with Crippen molar-refractivity contribution in [2.24, 2.45) is 0 Å². The topological polar surface area (TPSA) is 16.1 Å². The molecule has 0 N–H and O–H groups in total. The van der Waals surface area contributed by atoms with E-state index in [0.717, 1.165) is 23.5 Å². The van der Waals surface area contributed by atoms with E-state index in [9.17, 15) is 0 Å². The molecule has 3 rings (SSSR count). The molecular formula is C15H15BrN2. The summed E-state index contributed by atoms with van der Waals surface area (Å²) in [4.78, 5) is 6.89. The Hall–Kier alpha value is -1.35. The zero-order valence-corrected chi connectivity index (χ0v) is 11.7. The zero-order chi connectivity index (χ0) is 12.4. The van der Waals surface area contributed by atoms with Gasteiger partial charge >= 0.3 is 0 Å². The van der Waals surface area contributed by atoms with Crippen molar-refractivity contribution in [1.29, 1.82) is 0 Å². The van der Waals surface area contributed by atoms with Crippen molar-refractivity contribution in [3.05, 3.63) is 58.7 Å². The molecule has 18 heavy (non-hydrogen) atoms. The van der Waals surface area contributed by atoms with E-state index in [1.165, 1.54) is 12.0 Å². The van der Waals surface area contributed by atoms with Crippen molar-refractivity contribution in [3.63, 3.8) is 0 Å². The van der Waals surface area contributed by atoms with E-state index in [-0.39, 0.29) is 0 Å². The third-order valence-corrected chi connectivity index (χ3v) is 3.93. The van der Waals surface area contributed by atoms with Gasteiger partial charge in [0.15, 0.2) is 0 Å². The summed E-state index contributed by atoms with van der Waals surface area (Å²) in [7, 11) is 0. The third-order valence-electron chi connectivity index (χ3n) is 3.48. The summed E-state index contributed by atoms with van der Waals surface area (Å²) in [6.45, 7) is 2.15. The predicted molar refractivity (Wildman–Crippen MR) is 78.0 cm³/mol. The van der Waals surface area contributed by atoms with Crippen LogP contribution in [0.1, 0.15) is 17.9 Å². The van der Waals surface area contributed by atoms with Crippen LogP contribution in [0, 0.1) is 0 Å². The lowest BCUT2D eigenvalue weighted by atomic mass is 9.99. The molecule has 1 aromatic heterocycles. The van der Waals surface area contributed by atoms with Crippen LogP contribution in [-0.4, -0.2) is 18.1 Å². The van der Waals surface area contributed by atoms with Crippen LogP contribution in [0.5, 0.6) is 0 Å². The maximum absolute atomic E-state index is 4.53. The SMILES string of the molecule is Brc1cccc(N2CCC(c3ccccc3)C2)n1. The number of aromatic nitrogens is 1. The molecule has 92 valence electrons. The quantitative estimate of drug-likeness (QED) is 0.784. The van der Waals surface area contributed by atoms with Gasteiger partial charge in [0.1, 0.15) is 10.4 Å². The van der Waals surface area contributed by atoms with Crippen LogP contribution in [0.25, 0.3) is 0 Å². The van der Waals surface area contributed by atoms with Gasteiger partial charge in [0.25, 0.3) is 0 Å². The number of nitrogens with zero attached hydrogens (tertiary/aromatic N) is 2. The molecule has 1 fully saturated rings. The molecule has 2 aromatic rings. The fraction of sp³-hybridized carbons (Fsp3) is 0.267. The second kappa shape index (κ2) is 5.11. The highest BCUT2D eigenvalue weighted by Gasteiger charge is 2.24. The number of hydrogen-bond acceptors (Lipinski definition) is 2. The van der Waals surface area contributed by atoms with E-state index in [0.29, 0.717) is 5.92 Å². The molecule has 2 heterocycles. The van der Waals surface area contributed by atoms with Gasteiger partial charge in [-0.2, -0.15) is 0 Å². The molecule has 0 radical (unpaired) electrons. The molecular weight excluding hydrogens is 288 g/mol. The second-order valence-corrected chi connectivity index (χ2v) is 5.47. The van der Waals surface area contributed by atoms with Crippen molar-refractivity contribution >= 4 is 21.7 Å². The normalized spacial score (nSPS) is 19.2. The summed E-state index contributed by atoms with van der Waals surface area (Å²) in [6, 6.07) is 16.9. The Morgan fingerprint density at radius 1 is 1.06 bits per heavy atom. The maximum Gasteiger partial charge on any atom is 0.129 e. The Kier molecular flexibility index (Phi) is 3.33. The van der Waals surface area contributed by atoms with Crippen molar-refractivity contribution in [2.75, 3.05) is 18.0 Å². The molecule has 0 amide bonds. The average molecular weight is 303 g/mol. The van der Waals surface area contributed by atoms with Gasteiger partial charge in [-0.3, -0.25) is 0 Å². The smallest absolute Gasteiger partial charge is 0.129 e. The lowest BCUT2D eigenvalue weighted by molar-refractivity contribution is 0.774. The average Bonchev–Trinajstić information content (AvgIpc) is 2.89. The summed E-state index contributed by atoms with van der Waals surface area (Å²) in [5, 5.41) is 0. The van der Waals surface area contributed by atoms with E-state index in [1.807, 2.05) is 12.1 Å². The first-order valence-corrected chi connectivity index (χ1v) is 7.05. The van der Waals surface area contributed by atoms with E-state index in [4.69, 9.17) is 0 Å². The van der Waals surface area contributed by atoms with E-state index in [1.54, 1.807) is 0 Å². The molecule has 0 saturated carbocycles. The molecule has 1 atom stereocenters. The molecule has 1 aromatic carbocycles. The first-order valence-electron chi connectivity index (χ1n) is 6.25. The Morgan fingerprint density at radius 2 is 1.89 bits per heavy atom. The number of halogens is 1. The molecule has 1 aliphatic rings. The summed E-state index contributed by atoms with van der Waals surface area (Å²) >= 11 is 3.43. The summed E-state index contributed by atoms with van der Waals surface area (Å²) < 4.78 is 0.906. The lowest BCUT2D eigenvalue weighted by Crippen LogP contribution is -2.20. The van der Waals surface area contributed by atoms with Crippen LogP contribution in [0.2, 0.25) is 0 Å². The minimum atomic E-state index is 0.631. The number of pyridine rings is 1. The predicted octanol–water partition coefficient (Wildman–Crippen LogP) is 3.84. The van der Waals surface area contributed by atoms with E-state index >= 15 is 0 Å². The third kappa shape index (κ3) is 2.41. The Bertz CT molecular complexity index is 527. The fourth-order valence-electron chi connectivity index (χ4n) is 2.54. The highest BCUT2D eigenvalue weighted by atomic mass is 79.9. The standard InChI is InChI=1S/C15H15BrN2/c16-14-7-4-8-15(17-14)18-10-9-13(11-18)12-5-2-1-3-6-12/h1-8,13H,9-11H2.